The molecule has 29 heavy (non-hydrogen) atoms. The Morgan fingerprint density at radius 3 is 2.48 bits per heavy atom. The van der Waals surface area contributed by atoms with Crippen molar-refractivity contribution in [3.05, 3.63) is 34.8 Å². The summed E-state index contributed by atoms with van der Waals surface area (Å²) in [5, 5.41) is 2.66. The van der Waals surface area contributed by atoms with E-state index in [0.29, 0.717) is 31.2 Å². The van der Waals surface area contributed by atoms with Gasteiger partial charge in [-0.3, -0.25) is 19.3 Å². The van der Waals surface area contributed by atoms with Gasteiger partial charge in [-0.1, -0.05) is 0 Å². The van der Waals surface area contributed by atoms with Crippen molar-refractivity contribution in [1.82, 2.24) is 9.69 Å². The molecule has 1 aromatic carbocycles. The van der Waals surface area contributed by atoms with Crippen molar-refractivity contribution in [3.8, 4) is 5.75 Å². The van der Waals surface area contributed by atoms with Gasteiger partial charge >= 0.3 is 0 Å². The van der Waals surface area contributed by atoms with Crippen molar-refractivity contribution >= 4 is 40.6 Å². The number of hydrogen-bond acceptors (Lipinski definition) is 8. The number of primary amides is 1. The summed E-state index contributed by atoms with van der Waals surface area (Å²) in [4.78, 5) is 38.1. The molecule has 2 aromatic rings. The third-order valence-corrected chi connectivity index (χ3v) is 4.64. The first kappa shape index (κ1) is 22.1. The molecule has 0 spiro atoms. The molecule has 0 radical (unpaired) electrons. The number of aromatic nitrogens is 1. The SMILES string of the molecule is CCOc1ccc(N(CC(=O)NCCOC)C(=O)c2snc(C(N)=O)c2N)cc1. The molecule has 1 heterocycles. The van der Waals surface area contributed by atoms with Gasteiger partial charge in [0.15, 0.2) is 5.69 Å². The maximum Gasteiger partial charge on any atom is 0.272 e. The molecule has 1 aromatic heterocycles. The standard InChI is InChI=1S/C18H23N5O5S/c1-3-28-12-6-4-11(5-7-12)23(10-13(24)21-8-9-27-2)18(26)16-14(19)15(17(20)25)22-29-16/h4-7H,3,8-10,19H2,1-2H3,(H2,20,25)(H,21,24). The number of benzene rings is 1. The number of methoxy groups -OCH3 is 1. The molecule has 3 amide bonds. The van der Waals surface area contributed by atoms with E-state index >= 15 is 0 Å². The summed E-state index contributed by atoms with van der Waals surface area (Å²) in [5.41, 5.74) is 11.3. The van der Waals surface area contributed by atoms with E-state index in [1.807, 2.05) is 6.92 Å². The molecule has 0 aliphatic rings. The lowest BCUT2D eigenvalue weighted by Gasteiger charge is -2.22. The Morgan fingerprint density at radius 1 is 1.24 bits per heavy atom. The highest BCUT2D eigenvalue weighted by Crippen LogP contribution is 2.27. The number of ether oxygens (including phenoxy) is 2. The monoisotopic (exact) mass is 421 g/mol. The zero-order chi connectivity index (χ0) is 21.4. The van der Waals surface area contributed by atoms with Crippen LogP contribution in [0.5, 0.6) is 5.75 Å². The molecule has 10 nitrogen and oxygen atoms in total. The van der Waals surface area contributed by atoms with Crippen molar-refractivity contribution in [1.29, 1.82) is 0 Å². The molecule has 0 unspecified atom stereocenters. The van der Waals surface area contributed by atoms with E-state index in [0.717, 1.165) is 11.5 Å². The van der Waals surface area contributed by atoms with Crippen LogP contribution in [0.25, 0.3) is 0 Å². The zero-order valence-electron chi connectivity index (χ0n) is 16.1. The van der Waals surface area contributed by atoms with Crippen molar-refractivity contribution in [2.75, 3.05) is 44.0 Å². The summed E-state index contributed by atoms with van der Waals surface area (Å²) in [6, 6.07) is 6.68. The molecular formula is C18H23N5O5S. The zero-order valence-corrected chi connectivity index (χ0v) is 17.0. The first-order chi connectivity index (χ1) is 13.9. The number of rotatable bonds is 10. The lowest BCUT2D eigenvalue weighted by molar-refractivity contribution is -0.119. The second-order valence-corrected chi connectivity index (χ2v) is 6.57. The minimum Gasteiger partial charge on any atom is -0.494 e. The van der Waals surface area contributed by atoms with Crippen LogP contribution >= 0.6 is 11.5 Å². The van der Waals surface area contributed by atoms with Gasteiger partial charge in [0, 0.05) is 19.3 Å². The van der Waals surface area contributed by atoms with E-state index in [1.165, 1.54) is 12.0 Å². The molecule has 0 aliphatic heterocycles. The Balaban J connectivity index is 2.31. The smallest absolute Gasteiger partial charge is 0.272 e. The molecule has 2 rings (SSSR count). The minimum atomic E-state index is -0.831. The maximum atomic E-state index is 13.1. The van der Waals surface area contributed by atoms with Crippen LogP contribution in [0.15, 0.2) is 24.3 Å². The van der Waals surface area contributed by atoms with Crippen LogP contribution in [-0.2, 0) is 9.53 Å². The highest BCUT2D eigenvalue weighted by Gasteiger charge is 2.27. The third-order valence-electron chi connectivity index (χ3n) is 3.79. The van der Waals surface area contributed by atoms with E-state index < -0.39 is 11.8 Å². The van der Waals surface area contributed by atoms with E-state index in [1.54, 1.807) is 24.3 Å². The predicted octanol–water partition coefficient (Wildman–Crippen LogP) is 0.632. The Morgan fingerprint density at radius 2 is 1.93 bits per heavy atom. The topological polar surface area (TPSA) is 150 Å². The number of nitrogens with zero attached hydrogens (tertiary/aromatic N) is 2. The summed E-state index contributed by atoms with van der Waals surface area (Å²) < 4.78 is 14.2. The number of amides is 3. The van der Waals surface area contributed by atoms with Crippen molar-refractivity contribution < 1.29 is 23.9 Å². The van der Waals surface area contributed by atoms with Gasteiger partial charge in [-0.15, -0.1) is 0 Å². The predicted molar refractivity (Wildman–Crippen MR) is 109 cm³/mol. The number of hydrogen-bond donors (Lipinski definition) is 3. The summed E-state index contributed by atoms with van der Waals surface area (Å²) in [6.45, 7) is 2.73. The highest BCUT2D eigenvalue weighted by atomic mass is 32.1. The second kappa shape index (κ2) is 10.4. The van der Waals surface area contributed by atoms with Gasteiger partial charge in [0.05, 0.1) is 18.9 Å². The fourth-order valence-electron chi connectivity index (χ4n) is 2.41. The first-order valence-corrected chi connectivity index (χ1v) is 9.51. The third kappa shape index (κ3) is 5.65. The lowest BCUT2D eigenvalue weighted by atomic mass is 10.2. The fourth-order valence-corrected chi connectivity index (χ4v) is 3.17. The molecule has 0 bridgehead atoms. The van der Waals surface area contributed by atoms with Crippen LogP contribution < -0.4 is 26.4 Å². The number of nitrogens with one attached hydrogen (secondary N) is 1. The number of nitrogen functional groups attached to an aromatic ring is 1. The van der Waals surface area contributed by atoms with Gasteiger partial charge in [0.25, 0.3) is 11.8 Å². The van der Waals surface area contributed by atoms with Crippen molar-refractivity contribution in [2.45, 2.75) is 6.92 Å². The Labute approximate surface area is 171 Å². The highest BCUT2D eigenvalue weighted by molar-refractivity contribution is 7.09. The van der Waals surface area contributed by atoms with Crippen LogP contribution in [0.3, 0.4) is 0 Å². The number of nitrogens with two attached hydrogens (primary N) is 2. The van der Waals surface area contributed by atoms with E-state index in [4.69, 9.17) is 20.9 Å². The Hall–Kier alpha value is -3.18. The largest absolute Gasteiger partial charge is 0.494 e. The summed E-state index contributed by atoms with van der Waals surface area (Å²) >= 11 is 0.752. The van der Waals surface area contributed by atoms with Crippen molar-refractivity contribution in [2.24, 2.45) is 5.73 Å². The molecule has 156 valence electrons. The van der Waals surface area contributed by atoms with E-state index in [9.17, 15) is 14.4 Å². The van der Waals surface area contributed by atoms with Crippen LogP contribution in [0.1, 0.15) is 27.1 Å². The molecule has 0 atom stereocenters. The molecule has 0 saturated carbocycles. The maximum absolute atomic E-state index is 13.1. The number of carbonyl (C=O) groups is 3. The summed E-state index contributed by atoms with van der Waals surface area (Å²) in [5.74, 6) is -1.16. The van der Waals surface area contributed by atoms with Crippen LogP contribution in [0.2, 0.25) is 0 Å². The summed E-state index contributed by atoms with van der Waals surface area (Å²) in [6.07, 6.45) is 0. The van der Waals surface area contributed by atoms with Gasteiger partial charge in [-0.25, -0.2) is 0 Å². The van der Waals surface area contributed by atoms with Gasteiger partial charge in [-0.05, 0) is 42.7 Å². The quantitative estimate of drug-likeness (QED) is 0.476. The molecule has 0 aliphatic carbocycles. The first-order valence-electron chi connectivity index (χ1n) is 8.74. The number of carbonyl (C=O) groups excluding carboxylic acids is 3. The van der Waals surface area contributed by atoms with E-state index in [2.05, 4.69) is 9.69 Å². The Kier molecular flexibility index (Phi) is 7.92. The molecular weight excluding hydrogens is 398 g/mol. The van der Waals surface area contributed by atoms with Crippen LogP contribution in [0, 0.1) is 0 Å². The second-order valence-electron chi connectivity index (χ2n) is 5.80. The fraction of sp³-hybridized carbons (Fsp3) is 0.333. The normalized spacial score (nSPS) is 10.4. The van der Waals surface area contributed by atoms with Gasteiger partial charge in [0.1, 0.15) is 17.2 Å². The Bertz CT molecular complexity index is 868. The number of anilines is 2. The average molecular weight is 421 g/mol. The van der Waals surface area contributed by atoms with E-state index in [-0.39, 0.29) is 28.7 Å². The van der Waals surface area contributed by atoms with Gasteiger partial charge in [0.2, 0.25) is 5.91 Å². The summed E-state index contributed by atoms with van der Waals surface area (Å²) in [7, 11) is 1.52. The molecule has 5 N–H and O–H groups in total. The minimum absolute atomic E-state index is 0.0253. The molecule has 0 fully saturated rings. The van der Waals surface area contributed by atoms with Gasteiger partial charge in [-0.2, -0.15) is 4.37 Å². The van der Waals surface area contributed by atoms with Crippen molar-refractivity contribution in [3.63, 3.8) is 0 Å². The lowest BCUT2D eigenvalue weighted by Crippen LogP contribution is -2.41. The molecule has 11 heteroatoms. The molecule has 0 saturated heterocycles. The van der Waals surface area contributed by atoms with Crippen LogP contribution in [0.4, 0.5) is 11.4 Å². The average Bonchev–Trinajstić information content (AvgIpc) is 3.08. The van der Waals surface area contributed by atoms with Gasteiger partial charge < -0.3 is 26.3 Å². The van der Waals surface area contributed by atoms with Crippen LogP contribution in [-0.4, -0.2) is 55.5 Å².